The molecular formula is C19H24N4O4S2. The van der Waals surface area contributed by atoms with Crippen LogP contribution in [0.5, 0.6) is 0 Å². The Morgan fingerprint density at radius 1 is 1.24 bits per heavy atom. The Kier molecular flexibility index (Phi) is 6.23. The molecule has 0 saturated carbocycles. The van der Waals surface area contributed by atoms with E-state index >= 15 is 0 Å². The van der Waals surface area contributed by atoms with Crippen LogP contribution in [0.4, 0.5) is 10.8 Å². The lowest BCUT2D eigenvalue weighted by Gasteiger charge is -2.26. The standard InChI is InChI=1S/C19H24N4O4S2/c1-12(2)10-18(25)23-9-8-16-17(11-23)28-19(21-16)22-29(26,27)15-6-4-14(5-7-15)20-13(3)24/h4-7,12H,8-11H2,1-3H3,(H,20,24)(H,21,22). The first-order valence-corrected chi connectivity index (χ1v) is 11.6. The number of hydrogen-bond acceptors (Lipinski definition) is 6. The Morgan fingerprint density at radius 2 is 1.93 bits per heavy atom. The summed E-state index contributed by atoms with van der Waals surface area (Å²) in [4.78, 5) is 30.6. The summed E-state index contributed by atoms with van der Waals surface area (Å²) in [6.45, 7) is 6.46. The van der Waals surface area contributed by atoms with Gasteiger partial charge in [0.2, 0.25) is 11.8 Å². The zero-order valence-corrected chi connectivity index (χ0v) is 18.2. The molecule has 29 heavy (non-hydrogen) atoms. The number of amides is 2. The van der Waals surface area contributed by atoms with E-state index in [1.807, 2.05) is 13.8 Å². The number of hydrogen-bond donors (Lipinski definition) is 2. The highest BCUT2D eigenvalue weighted by Crippen LogP contribution is 2.30. The molecule has 0 unspecified atom stereocenters. The lowest BCUT2D eigenvalue weighted by atomic mass is 10.1. The number of aromatic nitrogens is 1. The van der Waals surface area contributed by atoms with Crippen LogP contribution in [0, 0.1) is 5.92 Å². The average Bonchev–Trinajstić information content (AvgIpc) is 3.01. The van der Waals surface area contributed by atoms with Gasteiger partial charge in [-0.15, -0.1) is 0 Å². The van der Waals surface area contributed by atoms with Crippen molar-refractivity contribution in [3.63, 3.8) is 0 Å². The quantitative estimate of drug-likeness (QED) is 0.724. The van der Waals surface area contributed by atoms with Crippen LogP contribution in [-0.4, -0.2) is 36.7 Å². The van der Waals surface area contributed by atoms with E-state index in [1.165, 1.54) is 42.5 Å². The van der Waals surface area contributed by atoms with E-state index < -0.39 is 10.0 Å². The third kappa shape index (κ3) is 5.33. The highest BCUT2D eigenvalue weighted by molar-refractivity contribution is 7.93. The largest absolute Gasteiger partial charge is 0.337 e. The van der Waals surface area contributed by atoms with Crippen LogP contribution in [0.3, 0.4) is 0 Å². The van der Waals surface area contributed by atoms with Gasteiger partial charge in [-0.05, 0) is 30.2 Å². The Morgan fingerprint density at radius 3 is 2.55 bits per heavy atom. The van der Waals surface area contributed by atoms with Crippen molar-refractivity contribution in [2.24, 2.45) is 5.92 Å². The Hall–Kier alpha value is -2.46. The van der Waals surface area contributed by atoms with E-state index in [0.717, 1.165) is 10.6 Å². The molecule has 1 aromatic carbocycles. The predicted molar refractivity (Wildman–Crippen MR) is 112 cm³/mol. The lowest BCUT2D eigenvalue weighted by molar-refractivity contribution is -0.132. The van der Waals surface area contributed by atoms with Crippen LogP contribution in [0.2, 0.25) is 0 Å². The highest BCUT2D eigenvalue weighted by Gasteiger charge is 2.26. The molecule has 8 nitrogen and oxygen atoms in total. The molecule has 2 amide bonds. The molecule has 2 aromatic rings. The maximum absolute atomic E-state index is 12.6. The number of benzene rings is 1. The van der Waals surface area contributed by atoms with Gasteiger partial charge in [-0.2, -0.15) is 0 Å². The number of rotatable bonds is 6. The van der Waals surface area contributed by atoms with Gasteiger partial charge in [-0.3, -0.25) is 14.3 Å². The SMILES string of the molecule is CC(=O)Nc1ccc(S(=O)(=O)Nc2nc3c(s2)CN(C(=O)CC(C)C)CC3)cc1. The van der Waals surface area contributed by atoms with E-state index in [0.29, 0.717) is 42.7 Å². The van der Waals surface area contributed by atoms with E-state index in [2.05, 4.69) is 15.0 Å². The van der Waals surface area contributed by atoms with Crippen LogP contribution >= 0.6 is 11.3 Å². The third-order valence-corrected chi connectivity index (χ3v) is 6.86. The second-order valence-electron chi connectivity index (χ2n) is 7.36. The number of anilines is 2. The molecule has 0 aliphatic carbocycles. The maximum Gasteiger partial charge on any atom is 0.263 e. The van der Waals surface area contributed by atoms with Gasteiger partial charge < -0.3 is 10.2 Å². The third-order valence-electron chi connectivity index (χ3n) is 4.37. The summed E-state index contributed by atoms with van der Waals surface area (Å²) in [5, 5.41) is 2.89. The van der Waals surface area contributed by atoms with Crippen LogP contribution in [0.25, 0.3) is 0 Å². The van der Waals surface area contributed by atoms with Gasteiger partial charge in [0.1, 0.15) is 0 Å². The van der Waals surface area contributed by atoms with E-state index in [9.17, 15) is 18.0 Å². The smallest absolute Gasteiger partial charge is 0.263 e. The molecule has 0 fully saturated rings. The first-order chi connectivity index (χ1) is 13.6. The molecule has 0 atom stereocenters. The van der Waals surface area contributed by atoms with Crippen molar-refractivity contribution < 1.29 is 18.0 Å². The Balaban J connectivity index is 1.71. The van der Waals surface area contributed by atoms with Crippen LogP contribution in [0.1, 0.15) is 37.8 Å². The molecule has 3 rings (SSSR count). The summed E-state index contributed by atoms with van der Waals surface area (Å²) in [5.74, 6) is 0.179. The summed E-state index contributed by atoms with van der Waals surface area (Å²) in [6.07, 6.45) is 1.12. The number of fused-ring (bicyclic) bond motifs is 1. The van der Waals surface area contributed by atoms with E-state index in [-0.39, 0.29) is 16.7 Å². The topological polar surface area (TPSA) is 108 Å². The van der Waals surface area contributed by atoms with Crippen LogP contribution in [0.15, 0.2) is 29.2 Å². The Labute approximate surface area is 174 Å². The summed E-state index contributed by atoms with van der Waals surface area (Å²) >= 11 is 1.26. The monoisotopic (exact) mass is 436 g/mol. The average molecular weight is 437 g/mol. The van der Waals surface area contributed by atoms with Crippen molar-refractivity contribution in [3.8, 4) is 0 Å². The molecule has 0 spiro atoms. The van der Waals surface area contributed by atoms with Gasteiger partial charge in [-0.1, -0.05) is 25.2 Å². The number of thiazole rings is 1. The van der Waals surface area contributed by atoms with Crippen LogP contribution in [-0.2, 0) is 32.6 Å². The summed E-state index contributed by atoms with van der Waals surface area (Å²) in [6, 6.07) is 5.91. The molecule has 1 aliphatic rings. The molecule has 1 aromatic heterocycles. The number of sulfonamides is 1. The number of carbonyl (C=O) groups is 2. The van der Waals surface area contributed by atoms with Gasteiger partial charge in [0, 0.05) is 36.9 Å². The van der Waals surface area contributed by atoms with Crippen LogP contribution < -0.4 is 10.0 Å². The number of nitrogens with zero attached hydrogens (tertiary/aromatic N) is 2. The zero-order valence-electron chi connectivity index (χ0n) is 16.6. The minimum Gasteiger partial charge on any atom is -0.337 e. The fourth-order valence-electron chi connectivity index (χ4n) is 3.02. The van der Waals surface area contributed by atoms with Gasteiger partial charge in [0.15, 0.2) is 5.13 Å². The van der Waals surface area contributed by atoms with Crippen molar-refractivity contribution in [1.29, 1.82) is 0 Å². The van der Waals surface area contributed by atoms with Gasteiger partial charge in [0.25, 0.3) is 10.0 Å². The van der Waals surface area contributed by atoms with E-state index in [1.54, 1.807) is 4.90 Å². The lowest BCUT2D eigenvalue weighted by Crippen LogP contribution is -2.36. The van der Waals surface area contributed by atoms with Crippen molar-refractivity contribution in [2.45, 2.75) is 45.1 Å². The molecule has 1 aliphatic heterocycles. The van der Waals surface area contributed by atoms with Crippen molar-refractivity contribution in [1.82, 2.24) is 9.88 Å². The molecule has 2 N–H and O–H groups in total. The van der Waals surface area contributed by atoms with Crippen molar-refractivity contribution >= 4 is 44.0 Å². The molecular weight excluding hydrogens is 412 g/mol. The van der Waals surface area contributed by atoms with Gasteiger partial charge in [-0.25, -0.2) is 13.4 Å². The molecule has 2 heterocycles. The molecule has 0 bridgehead atoms. The van der Waals surface area contributed by atoms with Crippen molar-refractivity contribution in [2.75, 3.05) is 16.6 Å². The highest BCUT2D eigenvalue weighted by atomic mass is 32.2. The predicted octanol–water partition coefficient (Wildman–Crippen LogP) is 2.83. The van der Waals surface area contributed by atoms with Gasteiger partial charge >= 0.3 is 0 Å². The van der Waals surface area contributed by atoms with Gasteiger partial charge in [0.05, 0.1) is 17.1 Å². The Bertz CT molecular complexity index is 1010. The number of carbonyl (C=O) groups excluding carboxylic acids is 2. The first-order valence-electron chi connectivity index (χ1n) is 9.31. The maximum atomic E-state index is 12.6. The fraction of sp³-hybridized carbons (Fsp3) is 0.421. The zero-order chi connectivity index (χ0) is 21.2. The first kappa shape index (κ1) is 21.3. The molecule has 156 valence electrons. The minimum atomic E-state index is -3.80. The molecule has 10 heteroatoms. The van der Waals surface area contributed by atoms with Crippen molar-refractivity contribution in [3.05, 3.63) is 34.8 Å². The molecule has 0 radical (unpaired) electrons. The normalized spacial score (nSPS) is 13.9. The summed E-state index contributed by atoms with van der Waals surface area (Å²) in [5.41, 5.74) is 1.36. The second-order valence-corrected chi connectivity index (χ2v) is 10.1. The fourth-order valence-corrected chi connectivity index (χ4v) is 5.28. The molecule has 0 saturated heterocycles. The van der Waals surface area contributed by atoms with E-state index in [4.69, 9.17) is 0 Å². The summed E-state index contributed by atoms with van der Waals surface area (Å²) in [7, 11) is -3.80. The number of nitrogens with one attached hydrogen (secondary N) is 2. The second kappa shape index (κ2) is 8.50. The summed E-state index contributed by atoms with van der Waals surface area (Å²) < 4.78 is 27.8. The minimum absolute atomic E-state index is 0.0773.